The Morgan fingerprint density at radius 2 is 2.50 bits per heavy atom. The molecule has 0 aliphatic rings. The predicted molar refractivity (Wildman–Crippen MR) is 40.7 cm³/mol. The lowest BCUT2D eigenvalue weighted by molar-refractivity contribution is 0.411. The highest BCUT2D eigenvalue weighted by Crippen LogP contribution is 2.20. The molecule has 0 amide bonds. The second-order valence-corrected chi connectivity index (χ2v) is 2.53. The fourth-order valence-electron chi connectivity index (χ4n) is 0.540. The summed E-state index contributed by atoms with van der Waals surface area (Å²) < 4.78 is 37.9. The first-order valence-electron chi connectivity index (χ1n) is 4.02. The maximum Gasteiger partial charge on any atom is 0.141 e. The molecule has 1 aromatic rings. The minimum Gasteiger partial charge on any atom is -0.497 e. The van der Waals surface area contributed by atoms with Gasteiger partial charge in [0.15, 0.2) is 0 Å². The average Bonchev–Trinajstić information content (AvgIpc) is 1.94. The lowest BCUT2D eigenvalue weighted by atomic mass is 10.3. The lowest BCUT2D eigenvalue weighted by Crippen LogP contribution is -1.83. The van der Waals surface area contributed by atoms with Crippen LogP contribution in [0.15, 0.2) is 22.7 Å². The van der Waals surface area contributed by atoms with Crippen molar-refractivity contribution in [2.24, 2.45) is 0 Å². The Kier molecular flexibility index (Phi) is 1.31. The van der Waals surface area contributed by atoms with Crippen molar-refractivity contribution in [3.05, 3.63) is 28.5 Å². The summed E-state index contributed by atoms with van der Waals surface area (Å²) in [6, 6.07) is 3.77. The van der Waals surface area contributed by atoms with Crippen LogP contribution in [0.3, 0.4) is 0 Å². The molecular formula is C7H6BrFO. The van der Waals surface area contributed by atoms with Gasteiger partial charge in [-0.3, -0.25) is 0 Å². The summed E-state index contributed by atoms with van der Waals surface area (Å²) in [7, 11) is -2.54. The monoisotopic (exact) mass is 207 g/mol. The lowest BCUT2D eigenvalue weighted by Gasteiger charge is -1.98. The molecular weight excluding hydrogens is 199 g/mol. The summed E-state index contributed by atoms with van der Waals surface area (Å²) in [6.45, 7) is 0. The van der Waals surface area contributed by atoms with Gasteiger partial charge in [-0.05, 0) is 28.1 Å². The molecule has 0 atom stereocenters. The summed E-state index contributed by atoms with van der Waals surface area (Å²) in [5, 5.41) is 0. The van der Waals surface area contributed by atoms with Crippen LogP contribution in [0.25, 0.3) is 0 Å². The SMILES string of the molecule is [2H]C([2H])([2H])Oc1ccc(Br)c(F)c1. The summed E-state index contributed by atoms with van der Waals surface area (Å²) >= 11 is 2.94. The molecule has 1 rings (SSSR count). The standard InChI is InChI=1S/C7H6BrFO/c1-10-5-2-3-6(8)7(9)4-5/h2-4H,1H3/i1D3. The molecule has 0 aliphatic carbocycles. The minimum atomic E-state index is -2.54. The van der Waals surface area contributed by atoms with E-state index >= 15 is 0 Å². The fraction of sp³-hybridized carbons (Fsp3) is 0.143. The fourth-order valence-corrected chi connectivity index (χ4v) is 0.787. The quantitative estimate of drug-likeness (QED) is 0.689. The number of ether oxygens (including phenoxy) is 1. The van der Waals surface area contributed by atoms with Gasteiger partial charge in [-0.25, -0.2) is 4.39 Å². The van der Waals surface area contributed by atoms with Crippen LogP contribution in [0.4, 0.5) is 4.39 Å². The first-order valence-corrected chi connectivity index (χ1v) is 3.32. The van der Waals surface area contributed by atoms with Crippen molar-refractivity contribution in [3.63, 3.8) is 0 Å². The van der Waals surface area contributed by atoms with Crippen LogP contribution in [-0.2, 0) is 0 Å². The molecule has 0 unspecified atom stereocenters. The third-order valence-electron chi connectivity index (χ3n) is 1.01. The molecule has 1 nitrogen and oxygen atoms in total. The van der Waals surface area contributed by atoms with Crippen LogP contribution >= 0.6 is 15.9 Å². The second-order valence-electron chi connectivity index (χ2n) is 1.68. The van der Waals surface area contributed by atoms with E-state index in [0.717, 1.165) is 6.07 Å². The third kappa shape index (κ3) is 1.48. The van der Waals surface area contributed by atoms with E-state index in [9.17, 15) is 4.39 Å². The molecule has 0 aromatic heterocycles. The first kappa shape index (κ1) is 4.34. The molecule has 0 bridgehead atoms. The zero-order chi connectivity index (χ0) is 10.1. The van der Waals surface area contributed by atoms with Crippen LogP contribution < -0.4 is 4.74 Å². The van der Waals surface area contributed by atoms with Crippen molar-refractivity contribution in [2.45, 2.75) is 0 Å². The van der Waals surface area contributed by atoms with Crippen LogP contribution in [-0.4, -0.2) is 7.04 Å². The number of rotatable bonds is 1. The van der Waals surface area contributed by atoms with E-state index in [0.29, 0.717) is 0 Å². The molecule has 0 radical (unpaired) electrons. The van der Waals surface area contributed by atoms with Crippen LogP contribution in [0.5, 0.6) is 5.75 Å². The maximum atomic E-state index is 12.8. The molecule has 3 heteroatoms. The summed E-state index contributed by atoms with van der Waals surface area (Å²) in [5.74, 6) is -0.567. The van der Waals surface area contributed by atoms with Crippen molar-refractivity contribution in [1.29, 1.82) is 0 Å². The highest BCUT2D eigenvalue weighted by atomic mass is 79.9. The molecule has 10 heavy (non-hydrogen) atoms. The van der Waals surface area contributed by atoms with Gasteiger partial charge in [0.05, 0.1) is 15.6 Å². The zero-order valence-electron chi connectivity index (χ0n) is 7.90. The summed E-state index contributed by atoms with van der Waals surface area (Å²) in [5.41, 5.74) is 0. The smallest absolute Gasteiger partial charge is 0.141 e. The Labute approximate surface area is 71.2 Å². The van der Waals surface area contributed by atoms with Gasteiger partial charge in [0, 0.05) is 6.07 Å². The Bertz CT molecular complexity index is 313. The third-order valence-corrected chi connectivity index (χ3v) is 1.65. The minimum absolute atomic E-state index is 0.0132. The Hall–Kier alpha value is -0.570. The largest absolute Gasteiger partial charge is 0.497 e. The van der Waals surface area contributed by atoms with E-state index in [2.05, 4.69) is 20.7 Å². The maximum absolute atomic E-state index is 12.8. The first-order chi connectivity index (χ1) is 5.88. The van der Waals surface area contributed by atoms with E-state index < -0.39 is 12.9 Å². The van der Waals surface area contributed by atoms with Gasteiger partial charge in [-0.1, -0.05) is 0 Å². The molecule has 1 aromatic carbocycles. The summed E-state index contributed by atoms with van der Waals surface area (Å²) in [4.78, 5) is 0. The van der Waals surface area contributed by atoms with E-state index in [1.54, 1.807) is 0 Å². The molecule has 0 saturated heterocycles. The number of methoxy groups -OCH3 is 1. The van der Waals surface area contributed by atoms with Gasteiger partial charge in [-0.2, -0.15) is 0 Å². The van der Waals surface area contributed by atoms with E-state index in [4.69, 9.17) is 4.11 Å². The van der Waals surface area contributed by atoms with Crippen molar-refractivity contribution in [1.82, 2.24) is 0 Å². The molecule has 0 N–H and O–H groups in total. The molecule has 0 aliphatic heterocycles. The number of hydrogen-bond acceptors (Lipinski definition) is 1. The molecule has 0 fully saturated rings. The number of benzene rings is 1. The van der Waals surface area contributed by atoms with Crippen molar-refractivity contribution in [3.8, 4) is 5.75 Å². The van der Waals surface area contributed by atoms with Gasteiger partial charge in [0.1, 0.15) is 11.6 Å². The van der Waals surface area contributed by atoms with Crippen LogP contribution in [0.1, 0.15) is 4.11 Å². The van der Waals surface area contributed by atoms with E-state index in [1.807, 2.05) is 0 Å². The zero-order valence-corrected chi connectivity index (χ0v) is 6.48. The van der Waals surface area contributed by atoms with Crippen molar-refractivity contribution < 1.29 is 13.2 Å². The highest BCUT2D eigenvalue weighted by Gasteiger charge is 1.98. The number of halogens is 2. The predicted octanol–water partition coefficient (Wildman–Crippen LogP) is 2.60. The van der Waals surface area contributed by atoms with Gasteiger partial charge < -0.3 is 4.74 Å². The molecule has 54 valence electrons. The number of hydrogen-bond donors (Lipinski definition) is 0. The van der Waals surface area contributed by atoms with Gasteiger partial charge >= 0.3 is 0 Å². The summed E-state index contributed by atoms with van der Waals surface area (Å²) in [6.07, 6.45) is 0. The van der Waals surface area contributed by atoms with Gasteiger partial charge in [0.25, 0.3) is 0 Å². The van der Waals surface area contributed by atoms with Crippen LogP contribution in [0, 0.1) is 5.82 Å². The van der Waals surface area contributed by atoms with E-state index in [1.165, 1.54) is 12.1 Å². The Morgan fingerprint density at radius 3 is 3.10 bits per heavy atom. The molecule has 0 saturated carbocycles. The average molecular weight is 208 g/mol. The topological polar surface area (TPSA) is 9.23 Å². The second kappa shape index (κ2) is 3.01. The van der Waals surface area contributed by atoms with Crippen molar-refractivity contribution >= 4 is 15.9 Å². The van der Waals surface area contributed by atoms with E-state index in [-0.39, 0.29) is 10.2 Å². The van der Waals surface area contributed by atoms with Crippen molar-refractivity contribution in [2.75, 3.05) is 7.04 Å². The Morgan fingerprint density at radius 1 is 1.70 bits per heavy atom. The van der Waals surface area contributed by atoms with Gasteiger partial charge in [-0.15, -0.1) is 0 Å². The van der Waals surface area contributed by atoms with Crippen LogP contribution in [0.2, 0.25) is 0 Å². The molecule has 0 heterocycles. The van der Waals surface area contributed by atoms with Gasteiger partial charge in [0.2, 0.25) is 0 Å². The molecule has 0 spiro atoms. The normalized spacial score (nSPS) is 15.2. The highest BCUT2D eigenvalue weighted by molar-refractivity contribution is 9.10. The Balaban J connectivity index is 2.86.